The maximum atomic E-state index is 13.9. The van der Waals surface area contributed by atoms with Crippen molar-refractivity contribution < 1.29 is 22.4 Å². The standard InChI is InChI=1S/C27H28F4N4O/c28-18-8-11-23-22(14-18)24(16-25(34-23)27(29,30)31)32-19-4-3-5-20(15-19)33-26(36)17-6-9-21(10-7-17)35-12-1-2-13-35/h6-11,14,16,19-20H,1-5,12-13,15H2,(H,32,34)(H,33,36)/t19-,20+/m0/s1. The largest absolute Gasteiger partial charge is 0.433 e. The van der Waals surface area contributed by atoms with Crippen molar-refractivity contribution in [1.82, 2.24) is 10.3 Å². The quantitative estimate of drug-likeness (QED) is 0.413. The average Bonchev–Trinajstić information content (AvgIpc) is 3.39. The van der Waals surface area contributed by atoms with E-state index in [-0.39, 0.29) is 29.2 Å². The Morgan fingerprint density at radius 3 is 2.39 bits per heavy atom. The Hall–Kier alpha value is -3.36. The molecule has 1 aliphatic heterocycles. The maximum Gasteiger partial charge on any atom is 0.433 e. The zero-order chi connectivity index (χ0) is 25.3. The van der Waals surface area contributed by atoms with Gasteiger partial charge in [-0.25, -0.2) is 9.37 Å². The van der Waals surface area contributed by atoms with Crippen LogP contribution in [-0.2, 0) is 6.18 Å². The molecule has 2 atom stereocenters. The van der Waals surface area contributed by atoms with Crippen LogP contribution in [0.5, 0.6) is 0 Å². The number of hydrogen-bond donors (Lipinski definition) is 2. The predicted molar refractivity (Wildman–Crippen MR) is 132 cm³/mol. The first-order valence-corrected chi connectivity index (χ1v) is 12.4. The second-order valence-electron chi connectivity index (χ2n) is 9.63. The molecule has 0 unspecified atom stereocenters. The molecule has 1 saturated heterocycles. The molecule has 2 heterocycles. The first kappa shape index (κ1) is 24.3. The Morgan fingerprint density at radius 2 is 1.67 bits per heavy atom. The van der Waals surface area contributed by atoms with Gasteiger partial charge >= 0.3 is 6.18 Å². The minimum absolute atomic E-state index is 0.0757. The molecule has 9 heteroatoms. The number of hydrogen-bond acceptors (Lipinski definition) is 4. The highest BCUT2D eigenvalue weighted by Crippen LogP contribution is 2.34. The lowest BCUT2D eigenvalue weighted by Crippen LogP contribution is -2.41. The summed E-state index contributed by atoms with van der Waals surface area (Å²) in [5.74, 6) is -0.707. The fourth-order valence-corrected chi connectivity index (χ4v) is 5.20. The van der Waals surface area contributed by atoms with Crippen molar-refractivity contribution in [1.29, 1.82) is 0 Å². The number of halogens is 4. The topological polar surface area (TPSA) is 57.3 Å². The molecule has 5 nitrogen and oxygen atoms in total. The Balaban J connectivity index is 1.27. The SMILES string of the molecule is O=C(N[C@@H]1CCC[C@H](Nc2cc(C(F)(F)F)nc3ccc(F)cc23)C1)c1ccc(N2CCCC2)cc1. The van der Waals surface area contributed by atoms with E-state index in [0.717, 1.165) is 50.2 Å². The van der Waals surface area contributed by atoms with Gasteiger partial charge in [0.15, 0.2) is 0 Å². The highest BCUT2D eigenvalue weighted by Gasteiger charge is 2.34. The van der Waals surface area contributed by atoms with Gasteiger partial charge in [-0.3, -0.25) is 4.79 Å². The maximum absolute atomic E-state index is 13.9. The lowest BCUT2D eigenvalue weighted by atomic mass is 9.90. The fourth-order valence-electron chi connectivity index (χ4n) is 5.20. The lowest BCUT2D eigenvalue weighted by molar-refractivity contribution is -0.140. The molecule has 2 aliphatic rings. The number of alkyl halides is 3. The van der Waals surface area contributed by atoms with E-state index < -0.39 is 17.7 Å². The van der Waals surface area contributed by atoms with Gasteiger partial charge < -0.3 is 15.5 Å². The molecule has 2 N–H and O–H groups in total. The van der Waals surface area contributed by atoms with E-state index in [9.17, 15) is 22.4 Å². The number of pyridine rings is 1. The highest BCUT2D eigenvalue weighted by molar-refractivity contribution is 5.95. The van der Waals surface area contributed by atoms with Crippen molar-refractivity contribution in [3.8, 4) is 0 Å². The number of fused-ring (bicyclic) bond motifs is 1. The number of aromatic nitrogens is 1. The van der Waals surface area contributed by atoms with E-state index in [0.29, 0.717) is 17.4 Å². The van der Waals surface area contributed by atoms with Gasteiger partial charge in [-0.2, -0.15) is 13.2 Å². The molecule has 2 aromatic carbocycles. The molecule has 2 fully saturated rings. The fraction of sp³-hybridized carbons (Fsp3) is 0.407. The Bertz CT molecular complexity index is 1240. The Labute approximate surface area is 206 Å². The molecular formula is C27H28F4N4O. The van der Waals surface area contributed by atoms with Crippen molar-refractivity contribution >= 4 is 28.2 Å². The van der Waals surface area contributed by atoms with E-state index in [2.05, 4.69) is 20.5 Å². The Kier molecular flexibility index (Phi) is 6.73. The smallest absolute Gasteiger partial charge is 0.382 e. The summed E-state index contributed by atoms with van der Waals surface area (Å²) in [6, 6.07) is 11.8. The number of anilines is 2. The van der Waals surface area contributed by atoms with Gasteiger partial charge in [0.25, 0.3) is 5.91 Å². The minimum Gasteiger partial charge on any atom is -0.382 e. The summed E-state index contributed by atoms with van der Waals surface area (Å²) >= 11 is 0. The summed E-state index contributed by atoms with van der Waals surface area (Å²) in [5.41, 5.74) is 0.943. The molecule has 1 aliphatic carbocycles. The summed E-state index contributed by atoms with van der Waals surface area (Å²) < 4.78 is 54.1. The average molecular weight is 501 g/mol. The van der Waals surface area contributed by atoms with Crippen molar-refractivity contribution in [3.05, 3.63) is 65.6 Å². The van der Waals surface area contributed by atoms with Crippen LogP contribution in [0.2, 0.25) is 0 Å². The van der Waals surface area contributed by atoms with Crippen LogP contribution in [0.1, 0.15) is 54.6 Å². The number of carbonyl (C=O) groups is 1. The molecule has 3 aromatic rings. The van der Waals surface area contributed by atoms with Gasteiger partial charge in [0.05, 0.1) is 5.52 Å². The molecule has 0 spiro atoms. The summed E-state index contributed by atoms with van der Waals surface area (Å²) in [6.07, 6.45) is 0.624. The van der Waals surface area contributed by atoms with Crippen LogP contribution in [0.3, 0.4) is 0 Å². The zero-order valence-electron chi connectivity index (χ0n) is 19.7. The monoisotopic (exact) mass is 500 g/mol. The van der Waals surface area contributed by atoms with Gasteiger partial charge in [-0.05, 0) is 87.1 Å². The normalized spacial score (nSPS) is 20.5. The van der Waals surface area contributed by atoms with Crippen LogP contribution < -0.4 is 15.5 Å². The third-order valence-corrected chi connectivity index (χ3v) is 7.03. The third kappa shape index (κ3) is 5.39. The minimum atomic E-state index is -4.62. The second-order valence-corrected chi connectivity index (χ2v) is 9.63. The molecule has 190 valence electrons. The van der Waals surface area contributed by atoms with Gasteiger partial charge in [0, 0.05) is 47.5 Å². The predicted octanol–water partition coefficient (Wildman–Crippen LogP) is 6.15. The number of amides is 1. The van der Waals surface area contributed by atoms with Crippen LogP contribution in [0, 0.1) is 5.82 Å². The van der Waals surface area contributed by atoms with E-state index >= 15 is 0 Å². The summed E-state index contributed by atoms with van der Waals surface area (Å²) in [7, 11) is 0. The number of nitrogens with zero attached hydrogens (tertiary/aromatic N) is 2. The van der Waals surface area contributed by atoms with Crippen LogP contribution in [0.15, 0.2) is 48.5 Å². The van der Waals surface area contributed by atoms with Gasteiger partial charge in [0.1, 0.15) is 11.5 Å². The van der Waals surface area contributed by atoms with Crippen molar-refractivity contribution in [3.63, 3.8) is 0 Å². The lowest BCUT2D eigenvalue weighted by Gasteiger charge is -2.31. The van der Waals surface area contributed by atoms with Crippen LogP contribution in [-0.4, -0.2) is 36.1 Å². The highest BCUT2D eigenvalue weighted by atomic mass is 19.4. The second kappa shape index (κ2) is 9.95. The number of benzene rings is 2. The van der Waals surface area contributed by atoms with Crippen LogP contribution >= 0.6 is 0 Å². The molecular weight excluding hydrogens is 472 g/mol. The van der Waals surface area contributed by atoms with Crippen molar-refractivity contribution in [2.45, 2.75) is 56.8 Å². The van der Waals surface area contributed by atoms with E-state index in [1.54, 1.807) is 0 Å². The first-order valence-electron chi connectivity index (χ1n) is 12.4. The first-order chi connectivity index (χ1) is 17.3. The van der Waals surface area contributed by atoms with Crippen LogP contribution in [0.25, 0.3) is 10.9 Å². The van der Waals surface area contributed by atoms with Gasteiger partial charge in [-0.1, -0.05) is 0 Å². The molecule has 0 bridgehead atoms. The Morgan fingerprint density at radius 1 is 0.944 bits per heavy atom. The van der Waals surface area contributed by atoms with E-state index in [1.165, 1.54) is 25.0 Å². The molecule has 5 rings (SSSR count). The summed E-state index contributed by atoms with van der Waals surface area (Å²) in [4.78, 5) is 18.8. The van der Waals surface area contributed by atoms with Gasteiger partial charge in [0.2, 0.25) is 0 Å². The number of carbonyl (C=O) groups excluding carboxylic acids is 1. The number of nitrogens with one attached hydrogen (secondary N) is 2. The molecule has 0 radical (unpaired) electrons. The summed E-state index contributed by atoms with van der Waals surface area (Å²) in [6.45, 7) is 2.07. The summed E-state index contributed by atoms with van der Waals surface area (Å²) in [5, 5.41) is 6.56. The molecule has 1 amide bonds. The van der Waals surface area contributed by atoms with E-state index in [4.69, 9.17) is 0 Å². The van der Waals surface area contributed by atoms with Gasteiger partial charge in [-0.15, -0.1) is 0 Å². The molecule has 1 aromatic heterocycles. The van der Waals surface area contributed by atoms with Crippen molar-refractivity contribution in [2.24, 2.45) is 0 Å². The van der Waals surface area contributed by atoms with Crippen molar-refractivity contribution in [2.75, 3.05) is 23.3 Å². The molecule has 36 heavy (non-hydrogen) atoms. The molecule has 1 saturated carbocycles. The van der Waals surface area contributed by atoms with Crippen LogP contribution in [0.4, 0.5) is 28.9 Å². The number of rotatable bonds is 5. The van der Waals surface area contributed by atoms with E-state index in [1.807, 2.05) is 24.3 Å². The third-order valence-electron chi connectivity index (χ3n) is 7.03. The zero-order valence-corrected chi connectivity index (χ0v) is 19.7.